The first-order chi connectivity index (χ1) is 9.78. The first kappa shape index (κ1) is 13.9. The molecule has 0 aromatic heterocycles. The molecule has 1 aliphatic carbocycles. The molecule has 1 N–H and O–H groups in total. The molecule has 2 bridgehead atoms. The van der Waals surface area contributed by atoms with Gasteiger partial charge in [0.1, 0.15) is 0 Å². The third kappa shape index (κ3) is 2.86. The number of nitrogens with zero attached hydrogens (tertiary/aromatic N) is 1. The molecule has 3 nitrogen and oxygen atoms in total. The minimum atomic E-state index is 0.276. The molecule has 4 aliphatic rings. The quantitative estimate of drug-likeness (QED) is 0.799. The maximum Gasteiger partial charge on any atom is 0.223 e. The Bertz CT molecular complexity index is 394. The minimum Gasteiger partial charge on any atom is -0.354 e. The zero-order valence-corrected chi connectivity index (χ0v) is 12.3. The number of terminal acetylenes is 1. The smallest absolute Gasteiger partial charge is 0.223 e. The van der Waals surface area contributed by atoms with Gasteiger partial charge >= 0.3 is 0 Å². The molecular weight excluding hydrogens is 248 g/mol. The van der Waals surface area contributed by atoms with Gasteiger partial charge < -0.3 is 5.32 Å². The molecule has 1 saturated carbocycles. The molecule has 3 heterocycles. The first-order valence-electron chi connectivity index (χ1n) is 8.26. The number of carbonyl (C=O) groups is 1. The van der Waals surface area contributed by atoms with Crippen LogP contribution in [0.1, 0.15) is 44.9 Å². The van der Waals surface area contributed by atoms with Crippen molar-refractivity contribution in [3.05, 3.63) is 0 Å². The summed E-state index contributed by atoms with van der Waals surface area (Å²) in [6, 6.07) is 0.519. The van der Waals surface area contributed by atoms with Gasteiger partial charge in [-0.1, -0.05) is 19.3 Å². The van der Waals surface area contributed by atoms with Gasteiger partial charge in [0.25, 0.3) is 0 Å². The molecule has 3 heteroatoms. The predicted molar refractivity (Wildman–Crippen MR) is 80.0 cm³/mol. The van der Waals surface area contributed by atoms with Crippen LogP contribution in [0.5, 0.6) is 0 Å². The van der Waals surface area contributed by atoms with Gasteiger partial charge in [0.05, 0.1) is 0 Å². The van der Waals surface area contributed by atoms with Crippen molar-refractivity contribution in [2.45, 2.75) is 51.0 Å². The number of amides is 1. The van der Waals surface area contributed by atoms with Crippen LogP contribution in [-0.2, 0) is 4.79 Å². The number of fused-ring (bicyclic) bond motifs is 3. The Morgan fingerprint density at radius 3 is 2.70 bits per heavy atom. The van der Waals surface area contributed by atoms with Crippen LogP contribution in [0.4, 0.5) is 0 Å². The first-order valence-corrected chi connectivity index (χ1v) is 8.26. The normalized spacial score (nSPS) is 37.4. The fraction of sp³-hybridized carbons (Fsp3) is 0.824. The summed E-state index contributed by atoms with van der Waals surface area (Å²) in [6.07, 6.45) is 13.9. The molecule has 1 amide bonds. The van der Waals surface area contributed by atoms with Crippen LogP contribution < -0.4 is 5.32 Å². The molecule has 3 aliphatic heterocycles. The minimum absolute atomic E-state index is 0.276. The monoisotopic (exact) mass is 274 g/mol. The van der Waals surface area contributed by atoms with E-state index in [2.05, 4.69) is 16.1 Å². The summed E-state index contributed by atoms with van der Waals surface area (Å²) in [5, 5.41) is 3.21. The van der Waals surface area contributed by atoms with Gasteiger partial charge in [-0.25, -0.2) is 0 Å². The van der Waals surface area contributed by atoms with E-state index in [9.17, 15) is 4.79 Å². The van der Waals surface area contributed by atoms with Crippen LogP contribution in [0.2, 0.25) is 0 Å². The Hall–Kier alpha value is -1.01. The second-order valence-electron chi connectivity index (χ2n) is 6.79. The molecule has 0 radical (unpaired) electrons. The lowest BCUT2D eigenvalue weighted by Gasteiger charge is -2.48. The fourth-order valence-electron chi connectivity index (χ4n) is 4.27. The van der Waals surface area contributed by atoms with Crippen molar-refractivity contribution in [2.75, 3.05) is 19.6 Å². The van der Waals surface area contributed by atoms with E-state index in [-0.39, 0.29) is 5.92 Å². The zero-order chi connectivity index (χ0) is 13.9. The number of rotatable bonds is 3. The number of piperidine rings is 3. The topological polar surface area (TPSA) is 32.3 Å². The van der Waals surface area contributed by atoms with Crippen molar-refractivity contribution in [2.24, 2.45) is 17.8 Å². The van der Waals surface area contributed by atoms with E-state index < -0.39 is 0 Å². The van der Waals surface area contributed by atoms with E-state index in [1.165, 1.54) is 32.1 Å². The largest absolute Gasteiger partial charge is 0.354 e. The third-order valence-electron chi connectivity index (χ3n) is 5.58. The van der Waals surface area contributed by atoms with Gasteiger partial charge in [0.15, 0.2) is 0 Å². The molecule has 0 aromatic carbocycles. The Kier molecular flexibility index (Phi) is 4.31. The van der Waals surface area contributed by atoms with Gasteiger partial charge in [0.2, 0.25) is 5.91 Å². The van der Waals surface area contributed by atoms with Crippen LogP contribution in [0.25, 0.3) is 0 Å². The SMILES string of the molecule is C#C[C@H]1CN2CC[C@H]1C[C@@H]2CNC(=O)C1CCCCC1. The zero-order valence-electron chi connectivity index (χ0n) is 12.3. The third-order valence-corrected chi connectivity index (χ3v) is 5.58. The summed E-state index contributed by atoms with van der Waals surface area (Å²) < 4.78 is 0. The molecule has 20 heavy (non-hydrogen) atoms. The van der Waals surface area contributed by atoms with E-state index >= 15 is 0 Å². The van der Waals surface area contributed by atoms with E-state index in [0.29, 0.717) is 23.8 Å². The second-order valence-corrected chi connectivity index (χ2v) is 6.79. The Morgan fingerprint density at radius 2 is 2.05 bits per heavy atom. The lowest BCUT2D eigenvalue weighted by atomic mass is 9.76. The number of hydrogen-bond acceptors (Lipinski definition) is 2. The summed E-state index contributed by atoms with van der Waals surface area (Å²) >= 11 is 0. The maximum absolute atomic E-state index is 12.2. The summed E-state index contributed by atoms with van der Waals surface area (Å²) in [6.45, 7) is 3.01. The number of nitrogens with one attached hydrogen (secondary N) is 1. The van der Waals surface area contributed by atoms with Gasteiger partial charge in [-0.05, 0) is 38.1 Å². The average Bonchev–Trinajstić information content (AvgIpc) is 2.53. The summed E-state index contributed by atoms with van der Waals surface area (Å²) in [7, 11) is 0. The van der Waals surface area contributed by atoms with Gasteiger partial charge in [-0.15, -0.1) is 12.3 Å². The highest BCUT2D eigenvalue weighted by atomic mass is 16.1. The molecule has 3 saturated heterocycles. The van der Waals surface area contributed by atoms with Crippen molar-refractivity contribution >= 4 is 5.91 Å². The second kappa shape index (κ2) is 6.18. The van der Waals surface area contributed by atoms with Gasteiger partial charge in [-0.3, -0.25) is 9.69 Å². The highest BCUT2D eigenvalue weighted by Crippen LogP contribution is 2.35. The molecule has 1 unspecified atom stereocenters. The van der Waals surface area contributed by atoms with Crippen LogP contribution >= 0.6 is 0 Å². The van der Waals surface area contributed by atoms with Crippen LogP contribution in [-0.4, -0.2) is 36.5 Å². The van der Waals surface area contributed by atoms with Crippen LogP contribution in [0, 0.1) is 30.1 Å². The van der Waals surface area contributed by atoms with Crippen LogP contribution in [0.15, 0.2) is 0 Å². The molecule has 4 rings (SSSR count). The van der Waals surface area contributed by atoms with Crippen molar-refractivity contribution in [3.63, 3.8) is 0 Å². The lowest BCUT2D eigenvalue weighted by Crippen LogP contribution is -2.56. The maximum atomic E-state index is 12.2. The van der Waals surface area contributed by atoms with Gasteiger partial charge in [-0.2, -0.15) is 0 Å². The molecule has 4 atom stereocenters. The molecule has 0 spiro atoms. The molecule has 0 aromatic rings. The van der Waals surface area contributed by atoms with E-state index in [1.807, 2.05) is 0 Å². The average molecular weight is 274 g/mol. The van der Waals surface area contributed by atoms with Crippen LogP contribution in [0.3, 0.4) is 0 Å². The summed E-state index contributed by atoms with van der Waals surface area (Å²) in [4.78, 5) is 14.7. The Labute approximate surface area is 122 Å². The predicted octanol–water partition coefficient (Wildman–Crippen LogP) is 2.03. The molecular formula is C17H26N2O. The Balaban J connectivity index is 1.47. The molecule has 110 valence electrons. The number of carbonyl (C=O) groups excluding carboxylic acids is 1. The number of hydrogen-bond donors (Lipinski definition) is 1. The standard InChI is InChI=1S/C17H26N2O/c1-2-13-12-19-9-8-15(13)10-16(19)11-18-17(20)14-6-4-3-5-7-14/h1,13-16H,3-12H2,(H,18,20)/t13-,15-,16+/m0/s1. The van der Waals surface area contributed by atoms with E-state index in [0.717, 1.165) is 32.5 Å². The lowest BCUT2D eigenvalue weighted by molar-refractivity contribution is -0.126. The van der Waals surface area contributed by atoms with E-state index in [4.69, 9.17) is 6.42 Å². The van der Waals surface area contributed by atoms with Crippen molar-refractivity contribution in [1.82, 2.24) is 10.2 Å². The fourth-order valence-corrected chi connectivity index (χ4v) is 4.27. The summed E-state index contributed by atoms with van der Waals surface area (Å²) in [5.74, 6) is 4.63. The highest BCUT2D eigenvalue weighted by Gasteiger charge is 2.39. The van der Waals surface area contributed by atoms with Crippen molar-refractivity contribution in [1.29, 1.82) is 0 Å². The van der Waals surface area contributed by atoms with Crippen molar-refractivity contribution < 1.29 is 4.79 Å². The van der Waals surface area contributed by atoms with Crippen molar-refractivity contribution in [3.8, 4) is 12.3 Å². The highest BCUT2D eigenvalue weighted by molar-refractivity contribution is 5.78. The van der Waals surface area contributed by atoms with E-state index in [1.54, 1.807) is 0 Å². The molecule has 4 fully saturated rings. The summed E-state index contributed by atoms with van der Waals surface area (Å²) in [5.41, 5.74) is 0. The van der Waals surface area contributed by atoms with Gasteiger partial charge in [0, 0.05) is 31.0 Å². The Morgan fingerprint density at radius 1 is 1.25 bits per heavy atom.